The van der Waals surface area contributed by atoms with Crippen molar-refractivity contribution in [2.24, 2.45) is 5.92 Å². The van der Waals surface area contributed by atoms with E-state index in [1.807, 2.05) is 26.8 Å². The number of likely N-dealkylation sites (tertiary alicyclic amines) is 1. The maximum absolute atomic E-state index is 11.4. The number of nitrogens with zero attached hydrogens (tertiary/aromatic N) is 1. The van der Waals surface area contributed by atoms with Crippen LogP contribution in [0.2, 0.25) is 0 Å². The van der Waals surface area contributed by atoms with Crippen molar-refractivity contribution in [2.75, 3.05) is 33.2 Å². The summed E-state index contributed by atoms with van der Waals surface area (Å²) in [5, 5.41) is 6.26. The van der Waals surface area contributed by atoms with E-state index < -0.39 is 5.60 Å². The van der Waals surface area contributed by atoms with Crippen LogP contribution in [0.25, 0.3) is 0 Å². The molecular formula is C17H33N3O2. The summed E-state index contributed by atoms with van der Waals surface area (Å²) in [6.07, 6.45) is 6.24. The Morgan fingerprint density at radius 3 is 2.68 bits per heavy atom. The lowest BCUT2D eigenvalue weighted by molar-refractivity contribution is 0.0534. The Hall–Kier alpha value is -1.07. The molecule has 1 saturated heterocycles. The quantitative estimate of drug-likeness (QED) is 0.740. The van der Waals surface area contributed by atoms with Crippen molar-refractivity contribution in [3.05, 3.63) is 12.2 Å². The molecule has 0 aromatic heterocycles. The molecule has 2 unspecified atom stereocenters. The van der Waals surface area contributed by atoms with Crippen molar-refractivity contribution < 1.29 is 9.53 Å². The molecule has 0 aliphatic carbocycles. The summed E-state index contributed by atoms with van der Waals surface area (Å²) in [5.41, 5.74) is -0.446. The highest BCUT2D eigenvalue weighted by Crippen LogP contribution is 2.18. The van der Waals surface area contributed by atoms with Crippen molar-refractivity contribution >= 4 is 6.09 Å². The van der Waals surface area contributed by atoms with Gasteiger partial charge in [-0.3, -0.25) is 0 Å². The average molecular weight is 311 g/mol. The second-order valence-electron chi connectivity index (χ2n) is 7.22. The Bertz CT molecular complexity index is 363. The van der Waals surface area contributed by atoms with Crippen molar-refractivity contribution in [3.63, 3.8) is 0 Å². The lowest BCUT2D eigenvalue weighted by Crippen LogP contribution is -2.43. The number of rotatable bonds is 6. The first-order valence-corrected chi connectivity index (χ1v) is 8.31. The van der Waals surface area contributed by atoms with E-state index >= 15 is 0 Å². The van der Waals surface area contributed by atoms with Gasteiger partial charge < -0.3 is 20.3 Å². The summed E-state index contributed by atoms with van der Waals surface area (Å²) >= 11 is 0. The summed E-state index contributed by atoms with van der Waals surface area (Å²) in [5.74, 6) is 0.729. The van der Waals surface area contributed by atoms with E-state index in [0.717, 1.165) is 12.5 Å². The highest BCUT2D eigenvalue weighted by atomic mass is 16.6. The van der Waals surface area contributed by atoms with Crippen LogP contribution in [0.1, 0.15) is 40.5 Å². The largest absolute Gasteiger partial charge is 0.444 e. The molecule has 1 rings (SSSR count). The monoisotopic (exact) mass is 311 g/mol. The zero-order valence-electron chi connectivity index (χ0n) is 14.8. The van der Waals surface area contributed by atoms with Crippen LogP contribution in [-0.2, 0) is 4.74 Å². The van der Waals surface area contributed by atoms with E-state index in [9.17, 15) is 4.79 Å². The fourth-order valence-corrected chi connectivity index (χ4v) is 2.66. The number of hydrogen-bond donors (Lipinski definition) is 2. The standard InChI is InChI=1S/C17H33N3O2/c1-14(15-9-8-12-20(5)13-15)18-10-6-7-11-19-16(21)22-17(2,3)4/h6-7,14-15,18H,8-13H2,1-5H3,(H,19,21)/b7-6+. The number of carbonyl (C=O) groups excluding carboxylic acids is 1. The fraction of sp³-hybridized carbons (Fsp3) is 0.824. The van der Waals surface area contributed by atoms with Crippen molar-refractivity contribution in [1.82, 2.24) is 15.5 Å². The van der Waals surface area contributed by atoms with Crippen LogP contribution in [0.3, 0.4) is 0 Å². The van der Waals surface area contributed by atoms with Crippen LogP contribution < -0.4 is 10.6 Å². The summed E-state index contributed by atoms with van der Waals surface area (Å²) in [6.45, 7) is 11.6. The highest BCUT2D eigenvalue weighted by Gasteiger charge is 2.21. The first-order chi connectivity index (χ1) is 10.3. The molecule has 0 bridgehead atoms. The molecule has 22 heavy (non-hydrogen) atoms. The minimum Gasteiger partial charge on any atom is -0.444 e. The molecule has 0 spiro atoms. The van der Waals surface area contributed by atoms with E-state index in [0.29, 0.717) is 12.6 Å². The summed E-state index contributed by atoms with van der Waals surface area (Å²) in [7, 11) is 2.20. The molecule has 0 saturated carbocycles. The predicted octanol–water partition coefficient (Wildman–Crippen LogP) is 2.39. The SMILES string of the molecule is CC(NC/C=C/CNC(=O)OC(C)(C)C)C1CCCN(C)C1. The van der Waals surface area contributed by atoms with E-state index in [2.05, 4.69) is 35.6 Å². The van der Waals surface area contributed by atoms with Gasteiger partial charge >= 0.3 is 6.09 Å². The molecule has 1 aliphatic rings. The fourth-order valence-electron chi connectivity index (χ4n) is 2.66. The molecule has 0 aromatic carbocycles. The number of piperidine rings is 1. The number of ether oxygens (including phenoxy) is 1. The maximum Gasteiger partial charge on any atom is 0.407 e. The van der Waals surface area contributed by atoms with Crippen LogP contribution in [-0.4, -0.2) is 55.9 Å². The van der Waals surface area contributed by atoms with Gasteiger partial charge in [-0.2, -0.15) is 0 Å². The number of amides is 1. The van der Waals surface area contributed by atoms with Gasteiger partial charge in [-0.25, -0.2) is 4.79 Å². The molecule has 1 amide bonds. The van der Waals surface area contributed by atoms with Crippen LogP contribution in [0.5, 0.6) is 0 Å². The minimum atomic E-state index is -0.446. The Labute approximate surface area is 135 Å². The van der Waals surface area contributed by atoms with Crippen LogP contribution >= 0.6 is 0 Å². The molecule has 2 atom stereocenters. The Balaban J connectivity index is 2.12. The van der Waals surface area contributed by atoms with E-state index in [4.69, 9.17) is 4.74 Å². The third kappa shape index (κ3) is 8.39. The van der Waals surface area contributed by atoms with Crippen molar-refractivity contribution in [2.45, 2.75) is 52.2 Å². The van der Waals surface area contributed by atoms with Crippen LogP contribution in [0, 0.1) is 5.92 Å². The number of nitrogens with one attached hydrogen (secondary N) is 2. The lowest BCUT2D eigenvalue weighted by Gasteiger charge is -2.33. The average Bonchev–Trinajstić information content (AvgIpc) is 2.40. The topological polar surface area (TPSA) is 53.6 Å². The molecule has 2 N–H and O–H groups in total. The molecule has 0 aromatic rings. The van der Waals surface area contributed by atoms with E-state index in [-0.39, 0.29) is 6.09 Å². The molecule has 128 valence electrons. The van der Waals surface area contributed by atoms with Gasteiger partial charge in [0.15, 0.2) is 0 Å². The first kappa shape index (κ1) is 19.0. The summed E-state index contributed by atoms with van der Waals surface area (Å²) < 4.78 is 5.17. The van der Waals surface area contributed by atoms with Crippen LogP contribution in [0.15, 0.2) is 12.2 Å². The van der Waals surface area contributed by atoms with Gasteiger partial charge in [0.25, 0.3) is 0 Å². The molecule has 1 aliphatic heterocycles. The normalized spacial score (nSPS) is 21.8. The van der Waals surface area contributed by atoms with Gasteiger partial charge in [0.1, 0.15) is 5.60 Å². The second-order valence-corrected chi connectivity index (χ2v) is 7.22. The van der Waals surface area contributed by atoms with Crippen molar-refractivity contribution in [3.8, 4) is 0 Å². The van der Waals surface area contributed by atoms with Gasteiger partial charge in [0, 0.05) is 25.7 Å². The van der Waals surface area contributed by atoms with Gasteiger partial charge in [-0.05, 0) is 60.0 Å². The summed E-state index contributed by atoms with van der Waals surface area (Å²) in [6, 6.07) is 0.520. The number of hydrogen-bond acceptors (Lipinski definition) is 4. The Kier molecular flexibility index (Phi) is 7.90. The lowest BCUT2D eigenvalue weighted by atomic mass is 9.92. The maximum atomic E-state index is 11.4. The molecule has 0 radical (unpaired) electrons. The molecule has 1 heterocycles. The van der Waals surface area contributed by atoms with Crippen molar-refractivity contribution in [1.29, 1.82) is 0 Å². The zero-order chi connectivity index (χ0) is 16.6. The Morgan fingerprint density at radius 1 is 1.36 bits per heavy atom. The number of alkyl carbamates (subject to hydrolysis) is 1. The third-order valence-corrected chi connectivity index (χ3v) is 3.86. The first-order valence-electron chi connectivity index (χ1n) is 8.31. The molecule has 5 heteroatoms. The Morgan fingerprint density at radius 2 is 2.05 bits per heavy atom. The smallest absolute Gasteiger partial charge is 0.407 e. The van der Waals surface area contributed by atoms with E-state index in [1.54, 1.807) is 0 Å². The van der Waals surface area contributed by atoms with Gasteiger partial charge in [0.05, 0.1) is 0 Å². The van der Waals surface area contributed by atoms with Crippen LogP contribution in [0.4, 0.5) is 4.79 Å². The third-order valence-electron chi connectivity index (χ3n) is 3.86. The second kappa shape index (κ2) is 9.16. The zero-order valence-corrected chi connectivity index (χ0v) is 14.8. The molecule has 1 fully saturated rings. The predicted molar refractivity (Wildman–Crippen MR) is 91.1 cm³/mol. The number of carbonyl (C=O) groups is 1. The van der Waals surface area contributed by atoms with Gasteiger partial charge in [0.2, 0.25) is 0 Å². The summed E-state index contributed by atoms with van der Waals surface area (Å²) in [4.78, 5) is 13.9. The van der Waals surface area contributed by atoms with Gasteiger partial charge in [-0.15, -0.1) is 0 Å². The van der Waals surface area contributed by atoms with Gasteiger partial charge in [-0.1, -0.05) is 12.2 Å². The minimum absolute atomic E-state index is 0.372. The molecule has 5 nitrogen and oxygen atoms in total. The van der Waals surface area contributed by atoms with E-state index in [1.165, 1.54) is 25.9 Å². The molecular weight excluding hydrogens is 278 g/mol. The highest BCUT2D eigenvalue weighted by molar-refractivity contribution is 5.67.